The van der Waals surface area contributed by atoms with Crippen molar-refractivity contribution in [2.45, 2.75) is 32.6 Å². The molecule has 1 aromatic heterocycles. The van der Waals surface area contributed by atoms with Gasteiger partial charge in [-0.2, -0.15) is 0 Å². The zero-order chi connectivity index (χ0) is 15.4. The fraction of sp³-hybridized carbons (Fsp3) is 0.643. The number of aromatic nitrogens is 1. The first-order valence-electron chi connectivity index (χ1n) is 7.10. The molecular weight excluding hydrogens is 290 g/mol. The molecule has 1 N–H and O–H groups in total. The molecule has 0 radical (unpaired) electrons. The first kappa shape index (κ1) is 15.8. The van der Waals surface area contributed by atoms with Gasteiger partial charge in [0, 0.05) is 18.5 Å². The van der Waals surface area contributed by atoms with E-state index in [2.05, 4.69) is 24.1 Å². The molecule has 1 aromatic rings. The van der Waals surface area contributed by atoms with Crippen LogP contribution < -0.4 is 5.32 Å². The lowest BCUT2D eigenvalue weighted by molar-refractivity contribution is -0.121. The normalized spacial score (nSPS) is 18.7. The average Bonchev–Trinajstić information content (AvgIpc) is 2.95. The van der Waals surface area contributed by atoms with Gasteiger partial charge in [-0.1, -0.05) is 13.8 Å². The number of carbonyl (C=O) groups excluding carboxylic acids is 2. The highest BCUT2D eigenvalue weighted by Gasteiger charge is 2.29. The van der Waals surface area contributed by atoms with E-state index in [0.717, 1.165) is 18.5 Å². The Hall–Kier alpha value is -1.63. The molecule has 2 amide bonds. The lowest BCUT2D eigenvalue weighted by atomic mass is 9.97. The number of nitrogens with one attached hydrogen (secondary N) is 1. The van der Waals surface area contributed by atoms with Gasteiger partial charge >= 0.3 is 6.09 Å². The Bertz CT molecular complexity index is 515. The van der Waals surface area contributed by atoms with E-state index in [9.17, 15) is 9.59 Å². The number of rotatable bonds is 3. The van der Waals surface area contributed by atoms with Crippen molar-refractivity contribution in [3.05, 3.63) is 11.1 Å². The van der Waals surface area contributed by atoms with E-state index in [1.165, 1.54) is 18.4 Å². The molecule has 21 heavy (non-hydrogen) atoms. The first-order valence-corrected chi connectivity index (χ1v) is 7.98. The highest BCUT2D eigenvalue weighted by molar-refractivity contribution is 7.13. The Morgan fingerprint density at radius 3 is 2.90 bits per heavy atom. The van der Waals surface area contributed by atoms with Crippen LogP contribution in [0.15, 0.2) is 5.38 Å². The average molecular weight is 311 g/mol. The number of anilines is 1. The number of ether oxygens (including phenoxy) is 1. The lowest BCUT2D eigenvalue weighted by Gasteiger charge is -2.30. The van der Waals surface area contributed by atoms with Gasteiger partial charge < -0.3 is 15.0 Å². The van der Waals surface area contributed by atoms with Gasteiger partial charge in [-0.15, -0.1) is 11.3 Å². The third kappa shape index (κ3) is 3.93. The quantitative estimate of drug-likeness (QED) is 0.931. The van der Waals surface area contributed by atoms with Crippen LogP contribution in [0, 0.1) is 5.92 Å². The van der Waals surface area contributed by atoms with Gasteiger partial charge in [0.05, 0.1) is 18.7 Å². The van der Waals surface area contributed by atoms with Gasteiger partial charge in [-0.3, -0.25) is 4.79 Å². The van der Waals surface area contributed by atoms with Gasteiger partial charge in [0.25, 0.3) is 0 Å². The minimum atomic E-state index is -0.371. The number of hydrogen-bond acceptors (Lipinski definition) is 5. The molecule has 7 heteroatoms. The molecule has 1 atom stereocenters. The number of methoxy groups -OCH3 is 1. The lowest BCUT2D eigenvalue weighted by Crippen LogP contribution is -2.43. The maximum Gasteiger partial charge on any atom is 0.409 e. The minimum absolute atomic E-state index is 0.0757. The van der Waals surface area contributed by atoms with E-state index < -0.39 is 0 Å². The maximum absolute atomic E-state index is 12.3. The summed E-state index contributed by atoms with van der Waals surface area (Å²) in [6.07, 6.45) is 1.22. The van der Waals surface area contributed by atoms with Gasteiger partial charge in [0.15, 0.2) is 5.13 Å². The van der Waals surface area contributed by atoms with E-state index in [-0.39, 0.29) is 17.9 Å². The van der Waals surface area contributed by atoms with Gasteiger partial charge in [0.1, 0.15) is 0 Å². The summed E-state index contributed by atoms with van der Waals surface area (Å²) in [5.74, 6) is 0.0638. The second-order valence-electron chi connectivity index (χ2n) is 5.48. The number of hydrogen-bond donors (Lipinski definition) is 1. The maximum atomic E-state index is 12.3. The molecule has 116 valence electrons. The van der Waals surface area contributed by atoms with Crippen molar-refractivity contribution in [1.82, 2.24) is 9.88 Å². The number of amides is 2. The Labute approximate surface area is 128 Å². The van der Waals surface area contributed by atoms with Gasteiger partial charge in [-0.25, -0.2) is 9.78 Å². The van der Waals surface area contributed by atoms with Gasteiger partial charge in [0.2, 0.25) is 5.91 Å². The third-order valence-electron chi connectivity index (χ3n) is 3.57. The second-order valence-corrected chi connectivity index (χ2v) is 6.33. The summed E-state index contributed by atoms with van der Waals surface area (Å²) in [5.41, 5.74) is 0.982. The molecule has 0 saturated carbocycles. The molecular formula is C14H21N3O3S. The summed E-state index contributed by atoms with van der Waals surface area (Å²) >= 11 is 1.43. The number of nitrogens with zero attached hydrogens (tertiary/aromatic N) is 2. The molecule has 1 fully saturated rings. The van der Waals surface area contributed by atoms with Crippen molar-refractivity contribution in [3.63, 3.8) is 0 Å². The van der Waals surface area contributed by atoms with Crippen LogP contribution in [0.3, 0.4) is 0 Å². The Balaban J connectivity index is 1.94. The smallest absolute Gasteiger partial charge is 0.409 e. The first-order chi connectivity index (χ1) is 10.0. The number of carbonyl (C=O) groups is 2. The van der Waals surface area contributed by atoms with Crippen molar-refractivity contribution in [1.29, 1.82) is 0 Å². The van der Waals surface area contributed by atoms with Crippen molar-refractivity contribution in [2.24, 2.45) is 5.92 Å². The molecule has 2 rings (SSSR count). The summed E-state index contributed by atoms with van der Waals surface area (Å²) in [6.45, 7) is 5.18. The van der Waals surface area contributed by atoms with E-state index in [1.807, 2.05) is 5.38 Å². The van der Waals surface area contributed by atoms with Crippen LogP contribution in [0.2, 0.25) is 0 Å². The summed E-state index contributed by atoms with van der Waals surface area (Å²) in [6, 6.07) is 0. The predicted octanol–water partition coefficient (Wildman–Crippen LogP) is 2.68. The number of thiazole rings is 1. The van der Waals surface area contributed by atoms with Crippen LogP contribution in [0.1, 0.15) is 38.3 Å². The molecule has 2 heterocycles. The highest BCUT2D eigenvalue weighted by atomic mass is 32.1. The Morgan fingerprint density at radius 2 is 2.29 bits per heavy atom. The van der Waals surface area contributed by atoms with Crippen LogP contribution in [0.25, 0.3) is 0 Å². The van der Waals surface area contributed by atoms with E-state index >= 15 is 0 Å². The summed E-state index contributed by atoms with van der Waals surface area (Å²) in [5, 5.41) is 5.44. The molecule has 1 saturated heterocycles. The largest absolute Gasteiger partial charge is 0.453 e. The molecule has 1 aliphatic heterocycles. The highest BCUT2D eigenvalue weighted by Crippen LogP contribution is 2.23. The Morgan fingerprint density at radius 1 is 1.52 bits per heavy atom. The van der Waals surface area contributed by atoms with E-state index in [4.69, 9.17) is 4.74 Å². The van der Waals surface area contributed by atoms with Gasteiger partial charge in [-0.05, 0) is 18.8 Å². The SMILES string of the molecule is COC(=O)N1CCCC(C(=O)Nc2nc(C(C)C)cs2)C1. The van der Waals surface area contributed by atoms with E-state index in [1.54, 1.807) is 4.90 Å². The fourth-order valence-electron chi connectivity index (χ4n) is 2.30. The zero-order valence-corrected chi connectivity index (χ0v) is 13.4. The fourth-order valence-corrected chi connectivity index (χ4v) is 3.18. The Kier molecular flexibility index (Phi) is 5.17. The monoisotopic (exact) mass is 311 g/mol. The van der Waals surface area contributed by atoms with Crippen LogP contribution in [0.5, 0.6) is 0 Å². The standard InChI is InChI=1S/C14H21N3O3S/c1-9(2)11-8-21-13(15-11)16-12(18)10-5-4-6-17(7-10)14(19)20-3/h8-10H,4-7H2,1-3H3,(H,15,16,18). The topological polar surface area (TPSA) is 71.5 Å². The number of piperidine rings is 1. The molecule has 0 bridgehead atoms. The molecule has 0 aliphatic carbocycles. The molecule has 0 spiro atoms. The van der Waals surface area contributed by atoms with Crippen LogP contribution in [-0.2, 0) is 9.53 Å². The molecule has 0 aromatic carbocycles. The zero-order valence-electron chi connectivity index (χ0n) is 12.6. The van der Waals surface area contributed by atoms with Crippen molar-refractivity contribution < 1.29 is 14.3 Å². The number of likely N-dealkylation sites (tertiary alicyclic amines) is 1. The van der Waals surface area contributed by atoms with Crippen molar-refractivity contribution in [3.8, 4) is 0 Å². The molecule has 6 nitrogen and oxygen atoms in total. The van der Waals surface area contributed by atoms with E-state index in [0.29, 0.717) is 24.1 Å². The van der Waals surface area contributed by atoms with Crippen LogP contribution >= 0.6 is 11.3 Å². The van der Waals surface area contributed by atoms with Crippen molar-refractivity contribution >= 4 is 28.5 Å². The second kappa shape index (κ2) is 6.89. The summed E-state index contributed by atoms with van der Waals surface area (Å²) < 4.78 is 4.71. The minimum Gasteiger partial charge on any atom is -0.453 e. The van der Waals surface area contributed by atoms with Crippen LogP contribution in [0.4, 0.5) is 9.93 Å². The molecule has 1 unspecified atom stereocenters. The molecule has 1 aliphatic rings. The summed E-state index contributed by atoms with van der Waals surface area (Å²) in [4.78, 5) is 29.8. The van der Waals surface area contributed by atoms with Crippen LogP contribution in [-0.4, -0.2) is 42.1 Å². The summed E-state index contributed by atoms with van der Waals surface area (Å²) in [7, 11) is 1.36. The van der Waals surface area contributed by atoms with Crippen molar-refractivity contribution in [2.75, 3.05) is 25.5 Å². The third-order valence-corrected chi connectivity index (χ3v) is 4.34. The predicted molar refractivity (Wildman–Crippen MR) is 81.5 cm³/mol.